The quantitative estimate of drug-likeness (QED) is 0.424. The molecule has 3 N–H and O–H groups in total. The summed E-state index contributed by atoms with van der Waals surface area (Å²) in [7, 11) is 1.64. The lowest BCUT2D eigenvalue weighted by molar-refractivity contribution is 0.282. The van der Waals surface area contributed by atoms with E-state index in [9.17, 15) is 0 Å². The standard InChI is InChI=1S/C20H26BrClN2O3/c1-26-19-12-16(13-24-8-2-7-23-9-10-25)11-18(21)20(19)27-14-15-3-5-17(22)6-4-15/h3-6,11-12,23-25H,2,7-10,13-14H2,1H3. The Balaban J connectivity index is 1.88. The molecular formula is C20H26BrClN2O3. The normalized spacial score (nSPS) is 10.8. The van der Waals surface area contributed by atoms with E-state index in [-0.39, 0.29) is 6.61 Å². The minimum atomic E-state index is 0.174. The van der Waals surface area contributed by atoms with E-state index in [1.165, 1.54) is 0 Å². The number of benzene rings is 2. The van der Waals surface area contributed by atoms with Gasteiger partial charge in [0, 0.05) is 18.1 Å². The van der Waals surface area contributed by atoms with Gasteiger partial charge in [-0.15, -0.1) is 0 Å². The van der Waals surface area contributed by atoms with Gasteiger partial charge in [0.25, 0.3) is 0 Å². The second-order valence-electron chi connectivity index (χ2n) is 6.03. The maximum Gasteiger partial charge on any atom is 0.175 e. The van der Waals surface area contributed by atoms with Crippen molar-refractivity contribution >= 4 is 27.5 Å². The maximum atomic E-state index is 8.72. The highest BCUT2D eigenvalue weighted by molar-refractivity contribution is 9.10. The molecule has 0 radical (unpaired) electrons. The van der Waals surface area contributed by atoms with E-state index >= 15 is 0 Å². The van der Waals surface area contributed by atoms with Crippen molar-refractivity contribution in [3.8, 4) is 11.5 Å². The lowest BCUT2D eigenvalue weighted by Crippen LogP contribution is -2.23. The predicted octanol–water partition coefficient (Wildman–Crippen LogP) is 3.75. The van der Waals surface area contributed by atoms with Crippen LogP contribution in [0.25, 0.3) is 0 Å². The number of hydrogen-bond acceptors (Lipinski definition) is 5. The number of methoxy groups -OCH3 is 1. The first-order valence-corrected chi connectivity index (χ1v) is 10.1. The van der Waals surface area contributed by atoms with Gasteiger partial charge in [0.15, 0.2) is 11.5 Å². The number of aliphatic hydroxyl groups is 1. The van der Waals surface area contributed by atoms with Gasteiger partial charge in [-0.25, -0.2) is 0 Å². The molecule has 27 heavy (non-hydrogen) atoms. The monoisotopic (exact) mass is 456 g/mol. The van der Waals surface area contributed by atoms with Crippen LogP contribution >= 0.6 is 27.5 Å². The van der Waals surface area contributed by atoms with Crippen molar-refractivity contribution in [3.05, 3.63) is 57.0 Å². The third-order valence-electron chi connectivity index (χ3n) is 3.91. The zero-order valence-corrected chi connectivity index (χ0v) is 17.8. The number of rotatable bonds is 12. The molecule has 0 aliphatic carbocycles. The van der Waals surface area contributed by atoms with Crippen LogP contribution in [0.15, 0.2) is 40.9 Å². The molecule has 0 amide bonds. The number of halogens is 2. The highest BCUT2D eigenvalue weighted by Crippen LogP contribution is 2.37. The summed E-state index contributed by atoms with van der Waals surface area (Å²) < 4.78 is 12.3. The van der Waals surface area contributed by atoms with Crippen LogP contribution in [-0.2, 0) is 13.2 Å². The van der Waals surface area contributed by atoms with Gasteiger partial charge in [-0.1, -0.05) is 23.7 Å². The third kappa shape index (κ3) is 7.68. The molecule has 148 valence electrons. The minimum Gasteiger partial charge on any atom is -0.493 e. The van der Waals surface area contributed by atoms with Crippen molar-refractivity contribution in [2.45, 2.75) is 19.6 Å². The van der Waals surface area contributed by atoms with Gasteiger partial charge in [0.05, 0.1) is 18.2 Å². The minimum absolute atomic E-state index is 0.174. The van der Waals surface area contributed by atoms with E-state index in [4.69, 9.17) is 26.2 Å². The Morgan fingerprint density at radius 2 is 1.78 bits per heavy atom. The molecule has 0 saturated heterocycles. The Morgan fingerprint density at radius 3 is 2.48 bits per heavy atom. The van der Waals surface area contributed by atoms with Gasteiger partial charge >= 0.3 is 0 Å². The number of aliphatic hydroxyl groups excluding tert-OH is 1. The first-order valence-electron chi connectivity index (χ1n) is 8.90. The second kappa shape index (κ2) is 12.2. The molecule has 0 bridgehead atoms. The topological polar surface area (TPSA) is 62.8 Å². The summed E-state index contributed by atoms with van der Waals surface area (Å²) in [4.78, 5) is 0. The third-order valence-corrected chi connectivity index (χ3v) is 4.75. The molecule has 2 aromatic carbocycles. The van der Waals surface area contributed by atoms with Crippen molar-refractivity contribution in [3.63, 3.8) is 0 Å². The Morgan fingerprint density at radius 1 is 1.04 bits per heavy atom. The molecular weight excluding hydrogens is 432 g/mol. The molecule has 7 heteroatoms. The molecule has 0 atom stereocenters. The van der Waals surface area contributed by atoms with Gasteiger partial charge < -0.3 is 25.2 Å². The van der Waals surface area contributed by atoms with Gasteiger partial charge in [-0.3, -0.25) is 0 Å². The fourth-order valence-electron chi connectivity index (χ4n) is 2.53. The molecule has 0 unspecified atom stereocenters. The summed E-state index contributed by atoms with van der Waals surface area (Å²) in [6.45, 7) is 3.78. The predicted molar refractivity (Wildman–Crippen MR) is 113 cm³/mol. The van der Waals surface area contributed by atoms with Crippen LogP contribution in [0.1, 0.15) is 17.5 Å². The van der Waals surface area contributed by atoms with Gasteiger partial charge in [0.2, 0.25) is 0 Å². The fraction of sp³-hybridized carbons (Fsp3) is 0.400. The number of hydrogen-bond donors (Lipinski definition) is 3. The Hall–Kier alpha value is -1.31. The molecule has 2 rings (SSSR count). The molecule has 0 aliphatic heterocycles. The highest BCUT2D eigenvalue weighted by atomic mass is 79.9. The molecule has 5 nitrogen and oxygen atoms in total. The van der Waals surface area contributed by atoms with Gasteiger partial charge in [0.1, 0.15) is 6.61 Å². The van der Waals surface area contributed by atoms with Crippen LogP contribution in [0.5, 0.6) is 11.5 Å². The number of ether oxygens (including phenoxy) is 2. The highest BCUT2D eigenvalue weighted by Gasteiger charge is 2.12. The van der Waals surface area contributed by atoms with E-state index in [0.29, 0.717) is 29.7 Å². The van der Waals surface area contributed by atoms with Gasteiger partial charge in [-0.05, 0) is 70.8 Å². The summed E-state index contributed by atoms with van der Waals surface area (Å²) >= 11 is 9.50. The van der Waals surface area contributed by atoms with Crippen LogP contribution in [0.4, 0.5) is 0 Å². The summed E-state index contributed by atoms with van der Waals surface area (Å²) in [6.07, 6.45) is 1.00. The summed E-state index contributed by atoms with van der Waals surface area (Å²) in [5.41, 5.74) is 2.15. The maximum absolute atomic E-state index is 8.72. The van der Waals surface area contributed by atoms with E-state index in [1.54, 1.807) is 7.11 Å². The van der Waals surface area contributed by atoms with Crippen molar-refractivity contribution in [1.82, 2.24) is 10.6 Å². The SMILES string of the molecule is COc1cc(CNCCCNCCO)cc(Br)c1OCc1ccc(Cl)cc1. The second-order valence-corrected chi connectivity index (χ2v) is 7.32. The van der Waals surface area contributed by atoms with E-state index in [1.807, 2.05) is 36.4 Å². The Bertz CT molecular complexity index is 698. The number of nitrogens with one attached hydrogen (secondary N) is 2. The Labute approximate surface area is 174 Å². The lowest BCUT2D eigenvalue weighted by Gasteiger charge is -2.15. The molecule has 0 saturated carbocycles. The zero-order chi connectivity index (χ0) is 19.5. The summed E-state index contributed by atoms with van der Waals surface area (Å²) in [5, 5.41) is 16.0. The zero-order valence-electron chi connectivity index (χ0n) is 15.4. The molecule has 0 aromatic heterocycles. The summed E-state index contributed by atoms with van der Waals surface area (Å²) in [5.74, 6) is 1.38. The summed E-state index contributed by atoms with van der Waals surface area (Å²) in [6, 6.07) is 11.6. The van der Waals surface area contributed by atoms with Crippen LogP contribution in [-0.4, -0.2) is 38.5 Å². The first kappa shape index (κ1) is 22.0. The van der Waals surface area contributed by atoms with Crippen LogP contribution in [0, 0.1) is 0 Å². The molecule has 0 aliphatic rings. The van der Waals surface area contributed by atoms with Crippen LogP contribution in [0.2, 0.25) is 5.02 Å². The fourth-order valence-corrected chi connectivity index (χ4v) is 3.26. The molecule has 0 spiro atoms. The lowest BCUT2D eigenvalue weighted by atomic mass is 10.2. The van der Waals surface area contributed by atoms with Crippen molar-refractivity contribution in [2.24, 2.45) is 0 Å². The first-order chi connectivity index (χ1) is 13.1. The molecule has 0 heterocycles. The molecule has 0 fully saturated rings. The van der Waals surface area contributed by atoms with Crippen LogP contribution < -0.4 is 20.1 Å². The average Bonchev–Trinajstić information content (AvgIpc) is 2.67. The largest absolute Gasteiger partial charge is 0.493 e. The van der Waals surface area contributed by atoms with E-state index in [2.05, 4.69) is 26.6 Å². The average molecular weight is 458 g/mol. The van der Waals surface area contributed by atoms with Gasteiger partial charge in [-0.2, -0.15) is 0 Å². The van der Waals surface area contributed by atoms with Crippen molar-refractivity contribution in [1.29, 1.82) is 0 Å². The van der Waals surface area contributed by atoms with E-state index < -0.39 is 0 Å². The van der Waals surface area contributed by atoms with E-state index in [0.717, 1.165) is 41.7 Å². The van der Waals surface area contributed by atoms with Crippen molar-refractivity contribution < 1.29 is 14.6 Å². The Kier molecular flexibility index (Phi) is 9.94. The van der Waals surface area contributed by atoms with Crippen molar-refractivity contribution in [2.75, 3.05) is 33.4 Å². The van der Waals surface area contributed by atoms with Crippen LogP contribution in [0.3, 0.4) is 0 Å². The smallest absolute Gasteiger partial charge is 0.175 e. The molecule has 2 aromatic rings.